The summed E-state index contributed by atoms with van der Waals surface area (Å²) in [4.78, 5) is 11.7. The maximum Gasteiger partial charge on any atom is 0.308 e. The van der Waals surface area contributed by atoms with Crippen LogP contribution in [-0.4, -0.2) is 47.5 Å². The Hall–Kier alpha value is -0.260. The Kier molecular flexibility index (Phi) is 6.18. The highest BCUT2D eigenvalue weighted by Crippen LogP contribution is 2.37. The summed E-state index contributed by atoms with van der Waals surface area (Å²) in [6, 6.07) is 0. The Balaban J connectivity index is 1.71. The van der Waals surface area contributed by atoms with Crippen LogP contribution in [-0.2, 0) is 14.3 Å². The van der Waals surface area contributed by atoms with Crippen LogP contribution >= 0.6 is 11.8 Å². The van der Waals surface area contributed by atoms with Gasteiger partial charge in [-0.1, -0.05) is 0 Å². The largest absolute Gasteiger partial charge is 0.466 e. The summed E-state index contributed by atoms with van der Waals surface area (Å²) in [5.74, 6) is 0.683. The second-order valence-electron chi connectivity index (χ2n) is 5.87. The summed E-state index contributed by atoms with van der Waals surface area (Å²) in [5, 5.41) is 11.2. The highest BCUT2D eigenvalue weighted by molar-refractivity contribution is 7.99. The third-order valence-electron chi connectivity index (χ3n) is 4.29. The summed E-state index contributed by atoms with van der Waals surface area (Å²) in [6.07, 6.45) is 5.12. The van der Waals surface area contributed by atoms with Crippen LogP contribution in [0.2, 0.25) is 0 Å². The first-order valence-electron chi connectivity index (χ1n) is 7.71. The van der Waals surface area contributed by atoms with E-state index in [1.807, 2.05) is 18.7 Å². The molecule has 5 heteroatoms. The summed E-state index contributed by atoms with van der Waals surface area (Å²) in [6.45, 7) is 3.98. The Labute approximate surface area is 125 Å². The minimum atomic E-state index is -0.591. The predicted octanol–water partition coefficient (Wildman–Crippen LogP) is 2.38. The Morgan fingerprint density at radius 1 is 1.30 bits per heavy atom. The molecule has 1 aliphatic carbocycles. The van der Waals surface area contributed by atoms with Crippen LogP contribution in [0.1, 0.15) is 45.4 Å². The molecule has 0 bridgehead atoms. The first-order valence-corrected chi connectivity index (χ1v) is 8.76. The zero-order valence-corrected chi connectivity index (χ0v) is 13.1. The van der Waals surface area contributed by atoms with Crippen LogP contribution < -0.4 is 0 Å². The van der Waals surface area contributed by atoms with Crippen molar-refractivity contribution in [2.75, 3.05) is 25.6 Å². The van der Waals surface area contributed by atoms with Crippen molar-refractivity contribution in [3.63, 3.8) is 0 Å². The number of esters is 1. The molecular formula is C15H26O4S. The van der Waals surface area contributed by atoms with Crippen molar-refractivity contribution in [2.45, 2.75) is 56.3 Å². The molecule has 4 nitrogen and oxygen atoms in total. The number of hydrogen-bond donors (Lipinski definition) is 1. The standard InChI is InChI=1S/C15H26O4S/c1-2-19-14(16)12-3-7-15(17,8-4-12)11-20-13-5-9-18-10-6-13/h12-13,17H,2-11H2,1H3. The maximum absolute atomic E-state index is 11.7. The van der Waals surface area contributed by atoms with Crippen molar-refractivity contribution in [2.24, 2.45) is 5.92 Å². The van der Waals surface area contributed by atoms with Gasteiger partial charge in [-0.05, 0) is 45.4 Å². The molecule has 0 unspecified atom stereocenters. The first kappa shape index (κ1) is 16.1. The van der Waals surface area contributed by atoms with Gasteiger partial charge in [-0.3, -0.25) is 4.79 Å². The van der Waals surface area contributed by atoms with Gasteiger partial charge in [0.25, 0.3) is 0 Å². The van der Waals surface area contributed by atoms with E-state index in [2.05, 4.69) is 0 Å². The SMILES string of the molecule is CCOC(=O)C1CCC(O)(CSC2CCOCC2)CC1. The molecule has 1 aliphatic heterocycles. The monoisotopic (exact) mass is 302 g/mol. The molecule has 116 valence electrons. The third kappa shape index (κ3) is 4.64. The van der Waals surface area contributed by atoms with E-state index in [0.29, 0.717) is 24.7 Å². The molecule has 0 atom stereocenters. The quantitative estimate of drug-likeness (QED) is 0.790. The van der Waals surface area contributed by atoms with Gasteiger partial charge in [-0.15, -0.1) is 0 Å². The number of ether oxygens (including phenoxy) is 2. The lowest BCUT2D eigenvalue weighted by Crippen LogP contribution is -2.39. The van der Waals surface area contributed by atoms with Gasteiger partial charge in [-0.2, -0.15) is 11.8 Å². The van der Waals surface area contributed by atoms with Crippen molar-refractivity contribution in [3.8, 4) is 0 Å². The number of aliphatic hydroxyl groups is 1. The third-order valence-corrected chi connectivity index (χ3v) is 5.94. The van der Waals surface area contributed by atoms with Crippen LogP contribution in [0.25, 0.3) is 0 Å². The average Bonchev–Trinajstić information content (AvgIpc) is 2.47. The van der Waals surface area contributed by atoms with E-state index in [-0.39, 0.29) is 11.9 Å². The fraction of sp³-hybridized carbons (Fsp3) is 0.933. The van der Waals surface area contributed by atoms with Crippen molar-refractivity contribution >= 4 is 17.7 Å². The number of hydrogen-bond acceptors (Lipinski definition) is 5. The number of carbonyl (C=O) groups excluding carboxylic acids is 1. The lowest BCUT2D eigenvalue weighted by atomic mass is 9.80. The van der Waals surface area contributed by atoms with E-state index < -0.39 is 5.60 Å². The first-order chi connectivity index (χ1) is 9.63. The molecule has 1 N–H and O–H groups in total. The molecule has 0 spiro atoms. The molecule has 0 amide bonds. The molecule has 1 saturated heterocycles. The number of rotatable bonds is 5. The minimum Gasteiger partial charge on any atom is -0.466 e. The average molecular weight is 302 g/mol. The molecule has 2 fully saturated rings. The van der Waals surface area contributed by atoms with Gasteiger partial charge in [0.15, 0.2) is 0 Å². The van der Waals surface area contributed by atoms with Crippen LogP contribution in [0.4, 0.5) is 0 Å². The van der Waals surface area contributed by atoms with E-state index in [4.69, 9.17) is 9.47 Å². The van der Waals surface area contributed by atoms with Crippen LogP contribution in [0.15, 0.2) is 0 Å². The zero-order valence-electron chi connectivity index (χ0n) is 12.3. The molecule has 2 aliphatic rings. The zero-order chi connectivity index (χ0) is 14.4. The van der Waals surface area contributed by atoms with Gasteiger partial charge in [0, 0.05) is 24.2 Å². The van der Waals surface area contributed by atoms with Gasteiger partial charge in [-0.25, -0.2) is 0 Å². The lowest BCUT2D eigenvalue weighted by Gasteiger charge is -2.36. The van der Waals surface area contributed by atoms with E-state index in [1.54, 1.807) is 0 Å². The molecule has 2 rings (SSSR count). The molecule has 0 aromatic carbocycles. The highest BCUT2D eigenvalue weighted by atomic mass is 32.2. The number of thioether (sulfide) groups is 1. The highest BCUT2D eigenvalue weighted by Gasteiger charge is 2.36. The molecule has 1 heterocycles. The molecule has 20 heavy (non-hydrogen) atoms. The van der Waals surface area contributed by atoms with Crippen molar-refractivity contribution in [1.82, 2.24) is 0 Å². The van der Waals surface area contributed by atoms with Gasteiger partial charge in [0.2, 0.25) is 0 Å². The fourth-order valence-corrected chi connectivity index (χ4v) is 4.27. The van der Waals surface area contributed by atoms with Crippen LogP contribution in [0.5, 0.6) is 0 Å². The second kappa shape index (κ2) is 7.66. The molecule has 0 aromatic heterocycles. The topological polar surface area (TPSA) is 55.8 Å². The summed E-state index contributed by atoms with van der Waals surface area (Å²) in [7, 11) is 0. The van der Waals surface area contributed by atoms with Gasteiger partial charge < -0.3 is 14.6 Å². The van der Waals surface area contributed by atoms with E-state index in [0.717, 1.165) is 44.6 Å². The second-order valence-corrected chi connectivity index (χ2v) is 7.16. The lowest BCUT2D eigenvalue weighted by molar-refractivity contribution is -0.150. The Morgan fingerprint density at radius 3 is 2.55 bits per heavy atom. The minimum absolute atomic E-state index is 0.0108. The van der Waals surface area contributed by atoms with Crippen molar-refractivity contribution in [1.29, 1.82) is 0 Å². The normalized spacial score (nSPS) is 32.0. The smallest absolute Gasteiger partial charge is 0.308 e. The van der Waals surface area contributed by atoms with Crippen LogP contribution in [0.3, 0.4) is 0 Å². The Morgan fingerprint density at radius 2 is 1.95 bits per heavy atom. The van der Waals surface area contributed by atoms with Crippen molar-refractivity contribution in [3.05, 3.63) is 0 Å². The Bertz CT molecular complexity index is 307. The van der Waals surface area contributed by atoms with Crippen LogP contribution in [0, 0.1) is 5.92 Å². The van der Waals surface area contributed by atoms with Gasteiger partial charge in [0.05, 0.1) is 18.1 Å². The molecule has 0 aromatic rings. The number of carbonyl (C=O) groups is 1. The van der Waals surface area contributed by atoms with Gasteiger partial charge in [0.1, 0.15) is 0 Å². The summed E-state index contributed by atoms with van der Waals surface area (Å²) >= 11 is 1.88. The summed E-state index contributed by atoms with van der Waals surface area (Å²) < 4.78 is 10.4. The maximum atomic E-state index is 11.7. The van der Waals surface area contributed by atoms with Gasteiger partial charge >= 0.3 is 5.97 Å². The van der Waals surface area contributed by atoms with E-state index >= 15 is 0 Å². The summed E-state index contributed by atoms with van der Waals surface area (Å²) in [5.41, 5.74) is -0.591. The van der Waals surface area contributed by atoms with E-state index in [1.165, 1.54) is 0 Å². The fourth-order valence-electron chi connectivity index (χ4n) is 2.91. The molecular weight excluding hydrogens is 276 g/mol. The van der Waals surface area contributed by atoms with E-state index in [9.17, 15) is 9.90 Å². The molecule has 1 saturated carbocycles. The van der Waals surface area contributed by atoms with Crippen molar-refractivity contribution < 1.29 is 19.4 Å². The predicted molar refractivity (Wildman–Crippen MR) is 79.8 cm³/mol. The molecule has 0 radical (unpaired) electrons.